The largest absolute Gasteiger partial charge is 0.387 e. The van der Waals surface area contributed by atoms with E-state index in [1.165, 1.54) is 6.20 Å². The third kappa shape index (κ3) is 4.15. The Morgan fingerprint density at radius 1 is 1.50 bits per heavy atom. The second-order valence-corrected chi connectivity index (χ2v) is 6.80. The monoisotopic (exact) mass is 289 g/mol. The molecule has 0 spiro atoms. The number of thioether (sulfide) groups is 1. The minimum absolute atomic E-state index is 0.107. The van der Waals surface area contributed by atoms with Gasteiger partial charge in [-0.3, -0.25) is 4.98 Å². The molecule has 0 aliphatic rings. The van der Waals surface area contributed by atoms with Crippen molar-refractivity contribution in [1.82, 2.24) is 9.71 Å². The summed E-state index contributed by atoms with van der Waals surface area (Å²) in [5.41, 5.74) is 0.549. The highest BCUT2D eigenvalue weighted by Crippen LogP contribution is 2.19. The van der Waals surface area contributed by atoms with Crippen LogP contribution >= 0.6 is 11.8 Å². The van der Waals surface area contributed by atoms with Gasteiger partial charge in [-0.2, -0.15) is 11.8 Å². The molecule has 0 aliphatic carbocycles. The molecule has 0 amide bonds. The Balaban J connectivity index is 2.86. The molecule has 1 unspecified atom stereocenters. The molecule has 1 rings (SSSR count). The van der Waals surface area contributed by atoms with Gasteiger partial charge in [0.15, 0.2) is 0 Å². The predicted octanol–water partition coefficient (Wildman–Crippen LogP) is 1.54. The zero-order valence-electron chi connectivity index (χ0n) is 10.8. The van der Waals surface area contributed by atoms with Crippen LogP contribution in [0.1, 0.15) is 13.8 Å². The first-order valence-corrected chi connectivity index (χ1v) is 8.37. The molecule has 0 radical (unpaired) electrons. The molecular weight excluding hydrogens is 270 g/mol. The van der Waals surface area contributed by atoms with E-state index in [4.69, 9.17) is 0 Å². The van der Waals surface area contributed by atoms with Gasteiger partial charge in [0.1, 0.15) is 4.90 Å². The summed E-state index contributed by atoms with van der Waals surface area (Å²) in [6, 6.07) is 1.53. The van der Waals surface area contributed by atoms with Gasteiger partial charge in [0.05, 0.1) is 5.69 Å². The molecule has 0 aliphatic heterocycles. The zero-order chi connectivity index (χ0) is 13.6. The van der Waals surface area contributed by atoms with Crippen LogP contribution in [0.5, 0.6) is 0 Å². The summed E-state index contributed by atoms with van der Waals surface area (Å²) in [4.78, 5) is 4.05. The van der Waals surface area contributed by atoms with E-state index in [0.29, 0.717) is 5.69 Å². The lowest BCUT2D eigenvalue weighted by Crippen LogP contribution is -2.34. The molecule has 1 heterocycles. The Morgan fingerprint density at radius 3 is 2.83 bits per heavy atom. The van der Waals surface area contributed by atoms with Crippen molar-refractivity contribution < 1.29 is 8.42 Å². The second kappa shape index (κ2) is 6.96. The van der Waals surface area contributed by atoms with E-state index in [-0.39, 0.29) is 10.9 Å². The quantitative estimate of drug-likeness (QED) is 0.797. The van der Waals surface area contributed by atoms with E-state index in [9.17, 15) is 8.42 Å². The van der Waals surface area contributed by atoms with Gasteiger partial charge in [-0.1, -0.05) is 6.92 Å². The number of sulfonamides is 1. The van der Waals surface area contributed by atoms with E-state index in [1.54, 1.807) is 31.1 Å². The van der Waals surface area contributed by atoms with Gasteiger partial charge in [-0.05, 0) is 18.7 Å². The maximum absolute atomic E-state index is 12.2. The third-order valence-corrected chi connectivity index (χ3v) is 5.03. The van der Waals surface area contributed by atoms with Crippen molar-refractivity contribution >= 4 is 27.5 Å². The van der Waals surface area contributed by atoms with E-state index >= 15 is 0 Å². The average molecular weight is 289 g/mol. The molecule has 1 aromatic heterocycles. The van der Waals surface area contributed by atoms with E-state index < -0.39 is 10.0 Å². The number of pyridine rings is 1. The summed E-state index contributed by atoms with van der Waals surface area (Å²) >= 11 is 1.70. The van der Waals surface area contributed by atoms with Gasteiger partial charge in [0, 0.05) is 31.2 Å². The van der Waals surface area contributed by atoms with Crippen molar-refractivity contribution in [3.63, 3.8) is 0 Å². The van der Waals surface area contributed by atoms with Gasteiger partial charge in [-0.25, -0.2) is 13.1 Å². The fourth-order valence-corrected chi connectivity index (χ4v) is 3.63. The third-order valence-electron chi connectivity index (χ3n) is 2.27. The highest BCUT2D eigenvalue weighted by atomic mass is 32.2. The molecule has 7 heteroatoms. The Labute approximate surface area is 113 Å². The Morgan fingerprint density at radius 2 is 2.22 bits per heavy atom. The number of hydrogen-bond donors (Lipinski definition) is 2. The molecular formula is C11H19N3O2S2. The topological polar surface area (TPSA) is 71.1 Å². The van der Waals surface area contributed by atoms with Crippen LogP contribution in [0.4, 0.5) is 5.69 Å². The summed E-state index contributed by atoms with van der Waals surface area (Å²) in [5, 5.41) is 2.85. The van der Waals surface area contributed by atoms with E-state index in [2.05, 4.69) is 15.0 Å². The number of nitrogens with zero attached hydrogens (tertiary/aromatic N) is 1. The number of rotatable bonds is 7. The smallest absolute Gasteiger partial charge is 0.244 e. The second-order valence-electron chi connectivity index (χ2n) is 3.80. The van der Waals surface area contributed by atoms with Crippen LogP contribution in [0.3, 0.4) is 0 Å². The van der Waals surface area contributed by atoms with Crippen molar-refractivity contribution in [2.45, 2.75) is 24.8 Å². The van der Waals surface area contributed by atoms with Crippen molar-refractivity contribution in [3.05, 3.63) is 18.5 Å². The number of hydrogen-bond acceptors (Lipinski definition) is 5. The number of anilines is 1. The molecule has 1 atom stereocenters. The molecule has 0 aromatic carbocycles. The van der Waals surface area contributed by atoms with Crippen LogP contribution in [0.2, 0.25) is 0 Å². The molecule has 0 fully saturated rings. The van der Waals surface area contributed by atoms with Gasteiger partial charge >= 0.3 is 0 Å². The summed E-state index contributed by atoms with van der Waals surface area (Å²) < 4.78 is 27.0. The van der Waals surface area contributed by atoms with Crippen molar-refractivity contribution in [1.29, 1.82) is 0 Å². The first kappa shape index (κ1) is 15.3. The van der Waals surface area contributed by atoms with Gasteiger partial charge in [0.25, 0.3) is 0 Å². The molecule has 1 aromatic rings. The van der Waals surface area contributed by atoms with Crippen molar-refractivity contribution in [3.8, 4) is 0 Å². The Bertz CT molecular complexity index is 477. The maximum atomic E-state index is 12.2. The van der Waals surface area contributed by atoms with Crippen LogP contribution in [0, 0.1) is 0 Å². The standard InChI is InChI=1S/C11H19N3O2S2/c1-4-17-8-9(2)14-18(15,16)11-7-13-6-5-10(11)12-3/h5-7,9,14H,4,8H2,1-3H3,(H,12,13). The predicted molar refractivity (Wildman–Crippen MR) is 76.6 cm³/mol. The zero-order valence-corrected chi connectivity index (χ0v) is 12.4. The average Bonchev–Trinajstić information content (AvgIpc) is 2.35. The lowest BCUT2D eigenvalue weighted by molar-refractivity contribution is 0.571. The minimum Gasteiger partial charge on any atom is -0.387 e. The molecule has 0 bridgehead atoms. The molecule has 18 heavy (non-hydrogen) atoms. The normalized spacial score (nSPS) is 13.3. The molecule has 0 saturated carbocycles. The number of nitrogens with one attached hydrogen (secondary N) is 2. The molecule has 5 nitrogen and oxygen atoms in total. The number of aromatic nitrogens is 1. The Hall–Kier alpha value is -0.790. The first-order chi connectivity index (χ1) is 8.51. The highest BCUT2D eigenvalue weighted by Gasteiger charge is 2.20. The van der Waals surface area contributed by atoms with E-state index in [1.807, 2.05) is 13.8 Å². The summed E-state index contributed by atoms with van der Waals surface area (Å²) in [5.74, 6) is 1.73. The Kier molecular flexibility index (Phi) is 5.90. The SMILES string of the molecule is CCSCC(C)NS(=O)(=O)c1cnccc1NC. The fourth-order valence-electron chi connectivity index (χ4n) is 1.46. The molecule has 2 N–H and O–H groups in total. The highest BCUT2D eigenvalue weighted by molar-refractivity contribution is 7.99. The van der Waals surface area contributed by atoms with E-state index in [0.717, 1.165) is 11.5 Å². The van der Waals surface area contributed by atoms with Crippen LogP contribution in [0.15, 0.2) is 23.4 Å². The molecule has 102 valence electrons. The lowest BCUT2D eigenvalue weighted by atomic mass is 10.4. The fraction of sp³-hybridized carbons (Fsp3) is 0.545. The maximum Gasteiger partial charge on any atom is 0.244 e. The van der Waals surface area contributed by atoms with Gasteiger partial charge in [-0.15, -0.1) is 0 Å². The van der Waals surface area contributed by atoms with Crippen LogP contribution in [0.25, 0.3) is 0 Å². The van der Waals surface area contributed by atoms with Crippen molar-refractivity contribution in [2.75, 3.05) is 23.9 Å². The van der Waals surface area contributed by atoms with Crippen LogP contribution in [-0.4, -0.2) is 38.0 Å². The van der Waals surface area contributed by atoms with Crippen LogP contribution < -0.4 is 10.0 Å². The lowest BCUT2D eigenvalue weighted by Gasteiger charge is -2.15. The first-order valence-electron chi connectivity index (χ1n) is 5.73. The van der Waals surface area contributed by atoms with Crippen molar-refractivity contribution in [2.24, 2.45) is 0 Å². The minimum atomic E-state index is -3.52. The van der Waals surface area contributed by atoms with Gasteiger partial charge in [0.2, 0.25) is 10.0 Å². The summed E-state index contributed by atoms with van der Waals surface area (Å²) in [6.07, 6.45) is 2.91. The van der Waals surface area contributed by atoms with Gasteiger partial charge < -0.3 is 5.32 Å². The summed E-state index contributed by atoms with van der Waals surface area (Å²) in [6.45, 7) is 3.90. The molecule has 0 saturated heterocycles. The summed E-state index contributed by atoms with van der Waals surface area (Å²) in [7, 11) is -1.84. The van der Waals surface area contributed by atoms with Crippen LogP contribution in [-0.2, 0) is 10.0 Å².